The van der Waals surface area contributed by atoms with Crippen molar-refractivity contribution in [2.75, 3.05) is 6.54 Å². The van der Waals surface area contributed by atoms with Crippen LogP contribution in [0, 0.1) is 0 Å². The van der Waals surface area contributed by atoms with Gasteiger partial charge < -0.3 is 9.84 Å². The number of hydrogen-bond donors (Lipinski definition) is 1. The molecule has 0 aromatic heterocycles. The molecule has 17 heavy (non-hydrogen) atoms. The van der Waals surface area contributed by atoms with Crippen molar-refractivity contribution >= 4 is 5.97 Å². The highest BCUT2D eigenvalue weighted by molar-refractivity contribution is 5.87. The van der Waals surface area contributed by atoms with Crippen molar-refractivity contribution in [3.63, 3.8) is 0 Å². The van der Waals surface area contributed by atoms with E-state index in [1.165, 1.54) is 12.8 Å². The SMILES string of the molecule is O=C1C=C2C[C@H](O)[C@H]3C[C@]2(O1)[C@H]1CCCCN31. The Labute approximate surface area is 100 Å². The third kappa shape index (κ3) is 1.13. The lowest BCUT2D eigenvalue weighted by molar-refractivity contribution is -0.148. The van der Waals surface area contributed by atoms with Gasteiger partial charge in [-0.2, -0.15) is 0 Å². The average Bonchev–Trinajstić information content (AvgIpc) is 2.79. The highest BCUT2D eigenvalue weighted by atomic mass is 16.6. The van der Waals surface area contributed by atoms with Gasteiger partial charge in [-0.25, -0.2) is 4.79 Å². The molecular formula is C13H17NO3. The van der Waals surface area contributed by atoms with Crippen LogP contribution in [0.25, 0.3) is 0 Å². The second-order valence-corrected chi connectivity index (χ2v) is 5.77. The van der Waals surface area contributed by atoms with Crippen LogP contribution in [-0.2, 0) is 9.53 Å². The van der Waals surface area contributed by atoms with Gasteiger partial charge in [0.1, 0.15) is 0 Å². The molecule has 1 aliphatic carbocycles. The fourth-order valence-corrected chi connectivity index (χ4v) is 4.36. The van der Waals surface area contributed by atoms with Gasteiger partial charge >= 0.3 is 5.97 Å². The van der Waals surface area contributed by atoms with Crippen molar-refractivity contribution in [2.24, 2.45) is 0 Å². The van der Waals surface area contributed by atoms with E-state index in [2.05, 4.69) is 4.90 Å². The molecule has 3 aliphatic heterocycles. The first-order chi connectivity index (χ1) is 8.21. The number of ether oxygens (including phenoxy) is 1. The Morgan fingerprint density at radius 1 is 1.47 bits per heavy atom. The lowest BCUT2D eigenvalue weighted by atomic mass is 9.76. The highest BCUT2D eigenvalue weighted by Crippen LogP contribution is 2.53. The van der Waals surface area contributed by atoms with E-state index in [0.717, 1.165) is 25.0 Å². The highest BCUT2D eigenvalue weighted by Gasteiger charge is 2.63. The number of nitrogens with zero attached hydrogens (tertiary/aromatic N) is 1. The molecule has 4 atom stereocenters. The standard InChI is InChI=1S/C13H17NO3/c15-10-5-8-6-12(16)17-13(8)7-9(10)14-4-2-1-3-11(13)14/h6,9-11,15H,1-5,7H2/t9-,10+,11-,13-/m1/s1. The van der Waals surface area contributed by atoms with Gasteiger partial charge in [0.05, 0.1) is 12.1 Å². The molecule has 3 fully saturated rings. The third-order valence-corrected chi connectivity index (χ3v) is 5.01. The normalized spacial score (nSPS) is 48.4. The van der Waals surface area contributed by atoms with Gasteiger partial charge in [-0.3, -0.25) is 4.90 Å². The van der Waals surface area contributed by atoms with Crippen LogP contribution in [0.5, 0.6) is 0 Å². The molecule has 4 heteroatoms. The summed E-state index contributed by atoms with van der Waals surface area (Å²) in [5, 5.41) is 10.2. The first kappa shape index (κ1) is 10.1. The van der Waals surface area contributed by atoms with Gasteiger partial charge in [-0.15, -0.1) is 0 Å². The number of esters is 1. The van der Waals surface area contributed by atoms with Crippen molar-refractivity contribution < 1.29 is 14.6 Å². The number of piperidine rings is 1. The van der Waals surface area contributed by atoms with Crippen LogP contribution in [0.15, 0.2) is 11.6 Å². The van der Waals surface area contributed by atoms with Crippen molar-refractivity contribution in [1.82, 2.24) is 4.90 Å². The molecule has 3 heterocycles. The topological polar surface area (TPSA) is 49.8 Å². The summed E-state index contributed by atoms with van der Waals surface area (Å²) < 4.78 is 5.68. The van der Waals surface area contributed by atoms with Crippen molar-refractivity contribution in [3.05, 3.63) is 11.6 Å². The lowest BCUT2D eigenvalue weighted by Crippen LogP contribution is -2.48. The molecule has 2 saturated heterocycles. The molecule has 0 amide bonds. The van der Waals surface area contributed by atoms with E-state index < -0.39 is 0 Å². The Balaban J connectivity index is 1.81. The van der Waals surface area contributed by atoms with Gasteiger partial charge in [0.2, 0.25) is 0 Å². The summed E-state index contributed by atoms with van der Waals surface area (Å²) >= 11 is 0. The number of carbonyl (C=O) groups excluding carboxylic acids is 1. The molecule has 1 spiro atoms. The molecule has 0 unspecified atom stereocenters. The van der Waals surface area contributed by atoms with E-state index in [0.29, 0.717) is 12.5 Å². The monoisotopic (exact) mass is 235 g/mol. The van der Waals surface area contributed by atoms with Gasteiger partial charge in [0.15, 0.2) is 5.60 Å². The molecular weight excluding hydrogens is 218 g/mol. The first-order valence-electron chi connectivity index (χ1n) is 6.58. The number of hydrogen-bond acceptors (Lipinski definition) is 4. The molecule has 1 N–H and O–H groups in total. The molecule has 4 nitrogen and oxygen atoms in total. The molecule has 92 valence electrons. The Hall–Kier alpha value is -0.870. The van der Waals surface area contributed by atoms with E-state index in [4.69, 9.17) is 4.74 Å². The van der Waals surface area contributed by atoms with Crippen LogP contribution in [0.4, 0.5) is 0 Å². The van der Waals surface area contributed by atoms with Crippen molar-refractivity contribution in [3.8, 4) is 0 Å². The summed E-state index contributed by atoms with van der Waals surface area (Å²) in [7, 11) is 0. The van der Waals surface area contributed by atoms with Gasteiger partial charge in [-0.05, 0) is 25.0 Å². The van der Waals surface area contributed by atoms with Crippen LogP contribution in [0.2, 0.25) is 0 Å². The molecule has 2 bridgehead atoms. The van der Waals surface area contributed by atoms with Gasteiger partial charge in [-0.1, -0.05) is 6.42 Å². The minimum atomic E-state index is -0.374. The minimum Gasteiger partial charge on any atom is -0.450 e. The predicted molar refractivity (Wildman–Crippen MR) is 60.3 cm³/mol. The quantitative estimate of drug-likeness (QED) is 0.625. The number of fused-ring (bicyclic) bond motifs is 3. The summed E-state index contributed by atoms with van der Waals surface area (Å²) in [6.07, 6.45) is 6.21. The van der Waals surface area contributed by atoms with E-state index in [1.807, 2.05) is 0 Å². The zero-order chi connectivity index (χ0) is 11.6. The molecule has 4 aliphatic rings. The van der Waals surface area contributed by atoms with Crippen LogP contribution < -0.4 is 0 Å². The molecule has 0 aromatic carbocycles. The maximum Gasteiger partial charge on any atom is 0.331 e. The van der Waals surface area contributed by atoms with Crippen molar-refractivity contribution in [2.45, 2.75) is 55.9 Å². The summed E-state index contributed by atoms with van der Waals surface area (Å²) in [5.41, 5.74) is 0.669. The lowest BCUT2D eigenvalue weighted by Gasteiger charge is -2.37. The molecule has 1 saturated carbocycles. The maximum atomic E-state index is 11.6. The van der Waals surface area contributed by atoms with Crippen LogP contribution in [0.3, 0.4) is 0 Å². The van der Waals surface area contributed by atoms with E-state index in [9.17, 15) is 9.90 Å². The van der Waals surface area contributed by atoms with E-state index in [-0.39, 0.29) is 23.7 Å². The Kier molecular flexibility index (Phi) is 1.85. The Morgan fingerprint density at radius 2 is 2.35 bits per heavy atom. The smallest absolute Gasteiger partial charge is 0.331 e. The summed E-state index contributed by atoms with van der Waals surface area (Å²) in [6, 6.07) is 0.513. The number of rotatable bonds is 0. The largest absolute Gasteiger partial charge is 0.450 e. The second kappa shape index (κ2) is 3.12. The maximum absolute atomic E-state index is 11.6. The fourth-order valence-electron chi connectivity index (χ4n) is 4.36. The number of aliphatic hydroxyl groups is 1. The summed E-state index contributed by atoms with van der Waals surface area (Å²) in [4.78, 5) is 14.0. The molecule has 4 rings (SSSR count). The van der Waals surface area contributed by atoms with Crippen LogP contribution >= 0.6 is 0 Å². The van der Waals surface area contributed by atoms with E-state index >= 15 is 0 Å². The number of aliphatic hydroxyl groups excluding tert-OH is 1. The second-order valence-electron chi connectivity index (χ2n) is 5.77. The van der Waals surface area contributed by atoms with E-state index in [1.54, 1.807) is 6.08 Å². The predicted octanol–water partition coefficient (Wildman–Crippen LogP) is 0.600. The minimum absolute atomic E-state index is 0.198. The van der Waals surface area contributed by atoms with Crippen LogP contribution in [0.1, 0.15) is 32.1 Å². The summed E-state index contributed by atoms with van der Waals surface area (Å²) in [6.45, 7) is 1.04. The molecule has 0 aromatic rings. The Morgan fingerprint density at radius 3 is 3.24 bits per heavy atom. The van der Waals surface area contributed by atoms with Crippen molar-refractivity contribution in [1.29, 1.82) is 0 Å². The summed E-state index contributed by atoms with van der Waals surface area (Å²) in [5.74, 6) is -0.208. The zero-order valence-electron chi connectivity index (χ0n) is 9.76. The zero-order valence-corrected chi connectivity index (χ0v) is 9.76. The van der Waals surface area contributed by atoms with Gasteiger partial charge in [0, 0.05) is 25.0 Å². The fraction of sp³-hybridized carbons (Fsp3) is 0.769. The van der Waals surface area contributed by atoms with Gasteiger partial charge in [0.25, 0.3) is 0 Å². The first-order valence-corrected chi connectivity index (χ1v) is 6.58. The average molecular weight is 235 g/mol. The third-order valence-electron chi connectivity index (χ3n) is 5.01. The number of carbonyl (C=O) groups is 1. The molecule has 0 radical (unpaired) electrons. The van der Waals surface area contributed by atoms with Crippen LogP contribution in [-0.4, -0.2) is 46.3 Å². The Bertz CT molecular complexity index is 419.